The average Bonchev–Trinajstić information content (AvgIpc) is 3.36. The maximum absolute atomic E-state index is 12.9. The molecule has 0 bridgehead atoms. The maximum Gasteiger partial charge on any atom is 0.306 e. The van der Waals surface area contributed by atoms with Crippen LogP contribution in [0.25, 0.3) is 0 Å². The van der Waals surface area contributed by atoms with Crippen LogP contribution < -0.4 is 0 Å². The van der Waals surface area contributed by atoms with Gasteiger partial charge in [0.05, 0.1) is 6.61 Å². The number of ether oxygens (including phenoxy) is 3. The van der Waals surface area contributed by atoms with E-state index < -0.39 is 6.10 Å². The molecule has 0 heterocycles. The molecule has 5 heteroatoms. The van der Waals surface area contributed by atoms with E-state index in [0.717, 1.165) is 135 Å². The van der Waals surface area contributed by atoms with Crippen molar-refractivity contribution >= 4 is 11.9 Å². The zero-order valence-corrected chi connectivity index (χ0v) is 45.7. The number of esters is 2. The second kappa shape index (κ2) is 59.6. The predicted octanol–water partition coefficient (Wildman–Crippen LogP) is 20.1. The van der Waals surface area contributed by atoms with Crippen LogP contribution in [-0.2, 0) is 23.8 Å². The highest BCUT2D eigenvalue weighted by atomic mass is 16.6. The van der Waals surface area contributed by atoms with E-state index in [1.54, 1.807) is 0 Å². The number of hydrogen-bond donors (Lipinski definition) is 0. The van der Waals surface area contributed by atoms with E-state index in [1.807, 2.05) is 0 Å². The summed E-state index contributed by atoms with van der Waals surface area (Å²) in [4.78, 5) is 25.5. The number of carbonyl (C=O) groups excluding carboxylic acids is 2. The van der Waals surface area contributed by atoms with E-state index >= 15 is 0 Å². The molecule has 398 valence electrons. The molecule has 0 N–H and O–H groups in total. The molecule has 0 saturated heterocycles. The first kappa shape index (κ1) is 66.3. The highest BCUT2D eigenvalue weighted by Crippen LogP contribution is 2.14. The Kier molecular flexibility index (Phi) is 56.5. The Hall–Kier alpha value is -3.70. The molecule has 0 radical (unpaired) electrons. The lowest BCUT2D eigenvalue weighted by Crippen LogP contribution is -2.30. The highest BCUT2D eigenvalue weighted by molar-refractivity contribution is 5.70. The van der Waals surface area contributed by atoms with Gasteiger partial charge in [-0.15, -0.1) is 0 Å². The van der Waals surface area contributed by atoms with Crippen molar-refractivity contribution in [2.24, 2.45) is 0 Å². The molecule has 0 aliphatic rings. The number of carbonyl (C=O) groups is 2. The van der Waals surface area contributed by atoms with Crippen LogP contribution in [0.3, 0.4) is 0 Å². The second-order valence-electron chi connectivity index (χ2n) is 18.8. The molecular formula is C65H108O5. The van der Waals surface area contributed by atoms with E-state index in [-0.39, 0.29) is 25.2 Å². The van der Waals surface area contributed by atoms with Gasteiger partial charge < -0.3 is 14.2 Å². The van der Waals surface area contributed by atoms with Gasteiger partial charge in [-0.2, -0.15) is 0 Å². The van der Waals surface area contributed by atoms with E-state index in [4.69, 9.17) is 14.2 Å². The van der Waals surface area contributed by atoms with Gasteiger partial charge in [-0.25, -0.2) is 0 Å². The molecule has 5 nitrogen and oxygen atoms in total. The summed E-state index contributed by atoms with van der Waals surface area (Å²) in [5, 5.41) is 0. The fourth-order valence-electron chi connectivity index (χ4n) is 7.70. The monoisotopic (exact) mass is 969 g/mol. The normalized spacial score (nSPS) is 13.1. The van der Waals surface area contributed by atoms with Crippen molar-refractivity contribution < 1.29 is 23.8 Å². The molecule has 0 aliphatic heterocycles. The summed E-state index contributed by atoms with van der Waals surface area (Å²) in [5.41, 5.74) is 0. The molecule has 0 amide bonds. The Balaban J connectivity index is 4.38. The van der Waals surface area contributed by atoms with Crippen LogP contribution in [0, 0.1) is 0 Å². The lowest BCUT2D eigenvalue weighted by Gasteiger charge is -2.18. The lowest BCUT2D eigenvalue weighted by atomic mass is 10.1. The van der Waals surface area contributed by atoms with Crippen LogP contribution in [0.4, 0.5) is 0 Å². The van der Waals surface area contributed by atoms with Gasteiger partial charge in [0.2, 0.25) is 0 Å². The van der Waals surface area contributed by atoms with E-state index in [1.165, 1.54) is 83.5 Å². The Labute approximate surface area is 433 Å². The highest BCUT2D eigenvalue weighted by Gasteiger charge is 2.17. The van der Waals surface area contributed by atoms with Crippen molar-refractivity contribution in [3.05, 3.63) is 122 Å². The minimum absolute atomic E-state index is 0.0578. The van der Waals surface area contributed by atoms with Crippen molar-refractivity contribution in [3.63, 3.8) is 0 Å². The molecule has 0 aromatic rings. The molecule has 0 aromatic carbocycles. The van der Waals surface area contributed by atoms with Crippen LogP contribution in [-0.4, -0.2) is 37.9 Å². The van der Waals surface area contributed by atoms with E-state index in [2.05, 4.69) is 142 Å². The Morgan fingerprint density at radius 3 is 1.03 bits per heavy atom. The third kappa shape index (κ3) is 56.9. The molecule has 1 unspecified atom stereocenters. The van der Waals surface area contributed by atoms with Crippen molar-refractivity contribution in [1.29, 1.82) is 0 Å². The molecule has 0 aliphatic carbocycles. The average molecular weight is 970 g/mol. The Bertz CT molecular complexity index is 1420. The number of rotatable bonds is 52. The van der Waals surface area contributed by atoms with Crippen LogP contribution in [0.15, 0.2) is 122 Å². The minimum atomic E-state index is -0.566. The summed E-state index contributed by atoms with van der Waals surface area (Å²) in [6.45, 7) is 7.52. The molecule has 1 atom stereocenters. The van der Waals surface area contributed by atoms with Crippen molar-refractivity contribution in [2.45, 2.75) is 258 Å². The summed E-state index contributed by atoms with van der Waals surface area (Å²) in [6, 6.07) is 0. The Morgan fingerprint density at radius 1 is 0.329 bits per heavy atom. The largest absolute Gasteiger partial charge is 0.462 e. The van der Waals surface area contributed by atoms with Gasteiger partial charge in [-0.3, -0.25) is 9.59 Å². The molecular weight excluding hydrogens is 861 g/mol. The smallest absolute Gasteiger partial charge is 0.306 e. The van der Waals surface area contributed by atoms with Crippen LogP contribution in [0.5, 0.6) is 0 Å². The van der Waals surface area contributed by atoms with Gasteiger partial charge in [0.1, 0.15) is 6.61 Å². The summed E-state index contributed by atoms with van der Waals surface area (Å²) < 4.78 is 17.5. The second-order valence-corrected chi connectivity index (χ2v) is 18.8. The van der Waals surface area contributed by atoms with Gasteiger partial charge in [-0.05, 0) is 128 Å². The summed E-state index contributed by atoms with van der Waals surface area (Å²) >= 11 is 0. The van der Waals surface area contributed by atoms with Crippen LogP contribution >= 0.6 is 0 Å². The Morgan fingerprint density at radius 2 is 0.643 bits per heavy atom. The van der Waals surface area contributed by atoms with Gasteiger partial charge in [0.25, 0.3) is 0 Å². The fourth-order valence-corrected chi connectivity index (χ4v) is 7.70. The number of allylic oxidation sites excluding steroid dienone is 20. The van der Waals surface area contributed by atoms with Crippen LogP contribution in [0.1, 0.15) is 252 Å². The van der Waals surface area contributed by atoms with Crippen molar-refractivity contribution in [1.82, 2.24) is 0 Å². The number of unbranched alkanes of at least 4 members (excludes halogenated alkanes) is 21. The topological polar surface area (TPSA) is 61.8 Å². The van der Waals surface area contributed by atoms with Gasteiger partial charge in [-0.1, -0.05) is 232 Å². The first-order valence-corrected chi connectivity index (χ1v) is 29.1. The SMILES string of the molecule is CC/C=C\C/C=C\C/C=C\C/C=C\CCCCCCCCCOCC(COC(=O)CCCCCC/C=C\C/C=C\C/C=C\C/C=C\CC)OC(=O)CCCCCCCCC/C=C\C/C=C\CCCCC. The van der Waals surface area contributed by atoms with Crippen molar-refractivity contribution in [3.8, 4) is 0 Å². The molecule has 0 fully saturated rings. The zero-order valence-electron chi connectivity index (χ0n) is 45.7. The summed E-state index contributed by atoms with van der Waals surface area (Å²) in [5.74, 6) is -0.442. The molecule has 0 spiro atoms. The third-order valence-electron chi connectivity index (χ3n) is 12.0. The predicted molar refractivity (Wildman–Crippen MR) is 306 cm³/mol. The number of hydrogen-bond acceptors (Lipinski definition) is 5. The summed E-state index contributed by atoms with van der Waals surface area (Å²) in [7, 11) is 0. The minimum Gasteiger partial charge on any atom is -0.462 e. The van der Waals surface area contributed by atoms with E-state index in [0.29, 0.717) is 19.4 Å². The molecule has 0 saturated carbocycles. The van der Waals surface area contributed by atoms with Gasteiger partial charge in [0, 0.05) is 19.4 Å². The van der Waals surface area contributed by atoms with Gasteiger partial charge in [0.15, 0.2) is 6.10 Å². The maximum atomic E-state index is 12.9. The molecule has 70 heavy (non-hydrogen) atoms. The first-order valence-electron chi connectivity index (χ1n) is 29.1. The standard InChI is InChI=1S/C65H108O5/c1-4-7-10-13-16-19-22-25-28-31-32-33-36-39-42-45-48-51-54-57-60-68-61-63(70-65(67)59-56-53-50-47-44-41-38-35-30-27-24-21-18-15-12-9-6-3)62-69-64(66)58-55-52-49-46-43-40-37-34-29-26-23-20-17-14-11-8-5-2/h7-8,10-11,16-21,25-30,32-33,37,40,63H,4-6,9,12-15,22-24,31,34-36,38-39,41-62H2,1-3H3/b10-7-,11-8-,19-16-,20-17-,21-18-,28-25-,29-26-,30-27-,33-32-,40-37-. The van der Waals surface area contributed by atoms with E-state index in [9.17, 15) is 9.59 Å². The lowest BCUT2D eigenvalue weighted by molar-refractivity contribution is -0.163. The molecule has 0 rings (SSSR count). The summed E-state index contributed by atoms with van der Waals surface area (Å²) in [6.07, 6.45) is 83.6. The first-order chi connectivity index (χ1) is 34.6. The quantitative estimate of drug-likeness (QED) is 0.0345. The third-order valence-corrected chi connectivity index (χ3v) is 12.0. The van der Waals surface area contributed by atoms with Gasteiger partial charge >= 0.3 is 11.9 Å². The molecule has 0 aromatic heterocycles. The van der Waals surface area contributed by atoms with Crippen LogP contribution in [0.2, 0.25) is 0 Å². The fraction of sp³-hybridized carbons (Fsp3) is 0.662. The van der Waals surface area contributed by atoms with Crippen molar-refractivity contribution in [2.75, 3.05) is 19.8 Å². The zero-order chi connectivity index (χ0) is 50.6.